The van der Waals surface area contributed by atoms with Crippen molar-refractivity contribution >= 4 is 31.3 Å². The summed E-state index contributed by atoms with van der Waals surface area (Å²) in [5, 5.41) is 2.48. The van der Waals surface area contributed by atoms with E-state index < -0.39 is 9.05 Å². The molecule has 0 radical (unpaired) electrons. The molecule has 1 rings (SSSR count). The topological polar surface area (TPSA) is 63.2 Å². The van der Waals surface area contributed by atoms with E-state index in [0.29, 0.717) is 11.3 Å². The van der Waals surface area contributed by atoms with E-state index in [0.717, 1.165) is 0 Å². The molecule has 15 heavy (non-hydrogen) atoms. The van der Waals surface area contributed by atoms with Crippen LogP contribution in [0.1, 0.15) is 12.5 Å². The molecule has 1 amide bonds. The molecule has 0 fully saturated rings. The lowest BCUT2D eigenvalue weighted by Gasteiger charge is -2.06. The molecule has 0 atom stereocenters. The molecular formula is C9H10ClNO3S. The van der Waals surface area contributed by atoms with Crippen LogP contribution in [0.2, 0.25) is 0 Å². The maximum Gasteiger partial charge on any atom is 0.261 e. The smallest absolute Gasteiger partial charge is 0.261 e. The summed E-state index contributed by atoms with van der Waals surface area (Å²) in [7, 11) is 1.46. The van der Waals surface area contributed by atoms with E-state index in [9.17, 15) is 13.2 Å². The molecule has 82 valence electrons. The second-order valence-electron chi connectivity index (χ2n) is 3.10. The standard InChI is InChI=1S/C9H10ClNO3S/c1-6-3-4-8(11-7(2)12)5-9(6)15(10,13)14/h3-5H,1-2H3,(H,11,12). The Morgan fingerprint density at radius 3 is 2.47 bits per heavy atom. The van der Waals surface area contributed by atoms with Crippen molar-refractivity contribution < 1.29 is 13.2 Å². The van der Waals surface area contributed by atoms with Gasteiger partial charge in [0.25, 0.3) is 9.05 Å². The summed E-state index contributed by atoms with van der Waals surface area (Å²) in [5.74, 6) is -0.267. The molecule has 0 saturated carbocycles. The molecule has 1 N–H and O–H groups in total. The molecule has 0 heterocycles. The number of aryl methyl sites for hydroxylation is 1. The first-order chi connectivity index (χ1) is 6.80. The molecule has 4 nitrogen and oxygen atoms in total. The van der Waals surface area contributed by atoms with Gasteiger partial charge in [-0.05, 0) is 24.6 Å². The minimum Gasteiger partial charge on any atom is -0.326 e. The lowest BCUT2D eigenvalue weighted by molar-refractivity contribution is -0.114. The van der Waals surface area contributed by atoms with E-state index in [-0.39, 0.29) is 10.8 Å². The fourth-order valence-electron chi connectivity index (χ4n) is 1.14. The average molecular weight is 248 g/mol. The molecule has 0 saturated heterocycles. The summed E-state index contributed by atoms with van der Waals surface area (Å²) in [6, 6.07) is 4.53. The van der Waals surface area contributed by atoms with Crippen LogP contribution < -0.4 is 5.32 Å². The van der Waals surface area contributed by atoms with Gasteiger partial charge in [-0.1, -0.05) is 6.07 Å². The average Bonchev–Trinajstić information content (AvgIpc) is 2.05. The van der Waals surface area contributed by atoms with Gasteiger partial charge in [-0.2, -0.15) is 0 Å². The zero-order chi connectivity index (χ0) is 11.6. The summed E-state index contributed by atoms with van der Waals surface area (Å²) < 4.78 is 22.3. The Balaban J connectivity index is 3.23. The van der Waals surface area contributed by atoms with E-state index in [1.165, 1.54) is 13.0 Å². The Morgan fingerprint density at radius 2 is 2.00 bits per heavy atom. The first-order valence-corrected chi connectivity index (χ1v) is 6.44. The van der Waals surface area contributed by atoms with Crippen molar-refractivity contribution in [3.05, 3.63) is 23.8 Å². The molecule has 1 aromatic rings. The molecule has 0 aliphatic rings. The van der Waals surface area contributed by atoms with Gasteiger partial charge in [-0.15, -0.1) is 0 Å². The largest absolute Gasteiger partial charge is 0.326 e. The van der Waals surface area contributed by atoms with Gasteiger partial charge in [-0.3, -0.25) is 4.79 Å². The number of nitrogens with one attached hydrogen (secondary N) is 1. The third-order valence-corrected chi connectivity index (χ3v) is 3.24. The highest BCUT2D eigenvalue weighted by molar-refractivity contribution is 8.13. The first-order valence-electron chi connectivity index (χ1n) is 4.13. The molecule has 0 aliphatic carbocycles. The summed E-state index contributed by atoms with van der Waals surface area (Å²) in [4.78, 5) is 10.8. The maximum atomic E-state index is 11.1. The third kappa shape index (κ3) is 3.21. The minimum absolute atomic E-state index is 0.00965. The number of hydrogen-bond acceptors (Lipinski definition) is 3. The van der Waals surface area contributed by atoms with E-state index in [1.807, 2.05) is 0 Å². The number of carbonyl (C=O) groups is 1. The summed E-state index contributed by atoms with van der Waals surface area (Å²) in [6.07, 6.45) is 0. The van der Waals surface area contributed by atoms with Gasteiger partial charge in [0.1, 0.15) is 0 Å². The monoisotopic (exact) mass is 247 g/mol. The number of benzene rings is 1. The van der Waals surface area contributed by atoms with Gasteiger partial charge in [0.05, 0.1) is 4.90 Å². The van der Waals surface area contributed by atoms with Gasteiger partial charge >= 0.3 is 0 Å². The van der Waals surface area contributed by atoms with Crippen LogP contribution in [0.15, 0.2) is 23.1 Å². The molecule has 0 bridgehead atoms. The van der Waals surface area contributed by atoms with Gasteiger partial charge in [0.2, 0.25) is 5.91 Å². The van der Waals surface area contributed by atoms with Crippen LogP contribution in [-0.4, -0.2) is 14.3 Å². The molecule has 0 spiro atoms. The van der Waals surface area contributed by atoms with Crippen molar-refractivity contribution in [3.8, 4) is 0 Å². The van der Waals surface area contributed by atoms with Gasteiger partial charge < -0.3 is 5.32 Å². The van der Waals surface area contributed by atoms with E-state index >= 15 is 0 Å². The summed E-state index contributed by atoms with van der Waals surface area (Å²) >= 11 is 0. The lowest BCUT2D eigenvalue weighted by Crippen LogP contribution is -2.06. The minimum atomic E-state index is -3.77. The van der Waals surface area contributed by atoms with E-state index in [2.05, 4.69) is 5.32 Å². The number of halogens is 1. The van der Waals surface area contributed by atoms with Crippen molar-refractivity contribution in [2.45, 2.75) is 18.7 Å². The number of amides is 1. The fourth-order valence-corrected chi connectivity index (χ4v) is 2.36. The number of rotatable bonds is 2. The Bertz CT molecular complexity index is 496. The number of carbonyl (C=O) groups excluding carboxylic acids is 1. The Morgan fingerprint density at radius 1 is 1.40 bits per heavy atom. The zero-order valence-corrected chi connectivity index (χ0v) is 9.82. The van der Waals surface area contributed by atoms with Crippen LogP contribution in [0.5, 0.6) is 0 Å². The van der Waals surface area contributed by atoms with Crippen LogP contribution in [0.3, 0.4) is 0 Å². The Labute approximate surface area is 92.7 Å². The highest BCUT2D eigenvalue weighted by atomic mass is 35.7. The molecule has 0 aromatic heterocycles. The van der Waals surface area contributed by atoms with Crippen molar-refractivity contribution in [1.29, 1.82) is 0 Å². The van der Waals surface area contributed by atoms with E-state index in [4.69, 9.17) is 10.7 Å². The summed E-state index contributed by atoms with van der Waals surface area (Å²) in [6.45, 7) is 2.97. The summed E-state index contributed by atoms with van der Waals surface area (Å²) in [5.41, 5.74) is 0.950. The van der Waals surface area contributed by atoms with Crippen molar-refractivity contribution in [2.24, 2.45) is 0 Å². The molecule has 6 heteroatoms. The highest BCUT2D eigenvalue weighted by Crippen LogP contribution is 2.23. The predicted molar refractivity (Wildman–Crippen MR) is 58.5 cm³/mol. The van der Waals surface area contributed by atoms with Crippen LogP contribution in [0.25, 0.3) is 0 Å². The number of anilines is 1. The fraction of sp³-hybridized carbons (Fsp3) is 0.222. The normalized spacial score (nSPS) is 11.1. The quantitative estimate of drug-likeness (QED) is 0.812. The van der Waals surface area contributed by atoms with Gasteiger partial charge in [0.15, 0.2) is 0 Å². The van der Waals surface area contributed by atoms with Crippen LogP contribution in [0.4, 0.5) is 5.69 Å². The number of hydrogen-bond donors (Lipinski definition) is 1. The van der Waals surface area contributed by atoms with Crippen LogP contribution in [-0.2, 0) is 13.8 Å². The second kappa shape index (κ2) is 4.20. The zero-order valence-electron chi connectivity index (χ0n) is 8.24. The molecule has 1 aromatic carbocycles. The van der Waals surface area contributed by atoms with Crippen molar-refractivity contribution in [1.82, 2.24) is 0 Å². The molecular weight excluding hydrogens is 238 g/mol. The maximum absolute atomic E-state index is 11.1. The van der Waals surface area contributed by atoms with E-state index in [1.54, 1.807) is 19.1 Å². The molecule has 0 aliphatic heterocycles. The van der Waals surface area contributed by atoms with Crippen LogP contribution >= 0.6 is 10.7 Å². The highest BCUT2D eigenvalue weighted by Gasteiger charge is 2.14. The van der Waals surface area contributed by atoms with Crippen molar-refractivity contribution in [3.63, 3.8) is 0 Å². The van der Waals surface area contributed by atoms with Gasteiger partial charge in [-0.25, -0.2) is 8.42 Å². The second-order valence-corrected chi connectivity index (χ2v) is 5.63. The van der Waals surface area contributed by atoms with Gasteiger partial charge in [0, 0.05) is 23.3 Å². The lowest BCUT2D eigenvalue weighted by atomic mass is 10.2. The Hall–Kier alpha value is -1.07. The Kier molecular flexibility index (Phi) is 3.36. The van der Waals surface area contributed by atoms with Crippen LogP contribution in [0, 0.1) is 6.92 Å². The molecule has 0 unspecified atom stereocenters. The SMILES string of the molecule is CC(=O)Nc1ccc(C)c(S(=O)(=O)Cl)c1. The first kappa shape index (κ1) is 12.0. The van der Waals surface area contributed by atoms with Crippen molar-refractivity contribution in [2.75, 3.05) is 5.32 Å². The third-order valence-electron chi connectivity index (χ3n) is 1.77. The predicted octanol–water partition coefficient (Wildman–Crippen LogP) is 1.88.